The van der Waals surface area contributed by atoms with Gasteiger partial charge in [0.15, 0.2) is 11.5 Å². The van der Waals surface area contributed by atoms with Crippen LogP contribution in [0.15, 0.2) is 35.7 Å². The smallest absolute Gasteiger partial charge is 0.320 e. The normalized spacial score (nSPS) is 13.3. The Kier molecular flexibility index (Phi) is 5.94. The largest absolute Gasteiger partial charge is 0.434 e. The number of pyridine rings is 1. The number of hydrazine groups is 1. The van der Waals surface area contributed by atoms with Crippen molar-refractivity contribution in [3.05, 3.63) is 63.8 Å². The summed E-state index contributed by atoms with van der Waals surface area (Å²) in [6.07, 6.45) is -1.57. The van der Waals surface area contributed by atoms with Crippen molar-refractivity contribution < 1.29 is 22.4 Å². The number of anilines is 2. The van der Waals surface area contributed by atoms with Crippen LogP contribution in [0.4, 0.5) is 29.1 Å². The average Bonchev–Trinajstić information content (AvgIpc) is 3.47. The molecule has 1 aliphatic rings. The van der Waals surface area contributed by atoms with Crippen LogP contribution in [0.1, 0.15) is 27.2 Å². The number of carbonyl (C=O) groups is 1. The molecule has 0 unspecified atom stereocenters. The zero-order valence-corrected chi connectivity index (χ0v) is 17.9. The maximum atomic E-state index is 13.9. The van der Waals surface area contributed by atoms with E-state index in [1.807, 2.05) is 6.07 Å². The maximum absolute atomic E-state index is 13.9. The monoisotopic (exact) mass is 492 g/mol. The number of amides is 1. The van der Waals surface area contributed by atoms with E-state index in [2.05, 4.69) is 25.9 Å². The second-order valence-corrected chi connectivity index (χ2v) is 7.33. The van der Waals surface area contributed by atoms with Gasteiger partial charge in [0.2, 0.25) is 0 Å². The minimum absolute atomic E-state index is 0.0182. The molecule has 2 N–H and O–H groups in total. The van der Waals surface area contributed by atoms with Gasteiger partial charge in [0.1, 0.15) is 17.4 Å². The van der Waals surface area contributed by atoms with Crippen molar-refractivity contribution in [3.63, 3.8) is 0 Å². The Morgan fingerprint density at radius 2 is 2.09 bits per heavy atom. The summed E-state index contributed by atoms with van der Waals surface area (Å²) >= 11 is 6.05. The van der Waals surface area contributed by atoms with Crippen LogP contribution >= 0.6 is 11.6 Å². The van der Waals surface area contributed by atoms with Crippen molar-refractivity contribution in [1.29, 1.82) is 5.26 Å². The molecule has 0 radical (unpaired) electrons. The number of hydrogen-bond donors (Lipinski definition) is 2. The zero-order valence-electron chi connectivity index (χ0n) is 17.2. The minimum Gasteiger partial charge on any atom is -0.320 e. The van der Waals surface area contributed by atoms with Gasteiger partial charge in [0.25, 0.3) is 5.91 Å². The second-order valence-electron chi connectivity index (χ2n) is 6.96. The summed E-state index contributed by atoms with van der Waals surface area (Å²) in [4.78, 5) is 16.8. The summed E-state index contributed by atoms with van der Waals surface area (Å²) in [5.74, 6) is -1.70. The van der Waals surface area contributed by atoms with Crippen LogP contribution in [-0.2, 0) is 6.18 Å². The van der Waals surface area contributed by atoms with Gasteiger partial charge in [-0.25, -0.2) is 19.5 Å². The van der Waals surface area contributed by atoms with Gasteiger partial charge in [-0.15, -0.1) is 0 Å². The molecule has 0 spiro atoms. The number of benzene rings is 1. The van der Waals surface area contributed by atoms with Crippen LogP contribution in [0.3, 0.4) is 0 Å². The number of carbonyl (C=O) groups excluding carboxylic acids is 1. The molecule has 3 heterocycles. The van der Waals surface area contributed by atoms with E-state index in [1.165, 1.54) is 24.3 Å². The lowest BCUT2D eigenvalue weighted by atomic mass is 10.1. The highest BCUT2D eigenvalue weighted by atomic mass is 35.5. The quantitative estimate of drug-likeness (QED) is 0.536. The molecule has 14 heteroatoms. The lowest BCUT2D eigenvalue weighted by molar-refractivity contribution is -0.143. The van der Waals surface area contributed by atoms with Gasteiger partial charge in [-0.05, 0) is 25.1 Å². The summed E-state index contributed by atoms with van der Waals surface area (Å²) in [5, 5.41) is 20.3. The first kappa shape index (κ1) is 23.1. The van der Waals surface area contributed by atoms with E-state index in [1.54, 1.807) is 6.21 Å². The van der Waals surface area contributed by atoms with Crippen molar-refractivity contribution in [3.8, 4) is 11.8 Å². The number of nitrogens with zero attached hydrogens (tertiary/aromatic N) is 6. The van der Waals surface area contributed by atoms with Crippen LogP contribution in [0.5, 0.6) is 0 Å². The SMILES string of the molecule is Cc1c(F)ccc(-n2ncc(C(=O)Nc3cnc(N4N=CCN4)c(C#N)c3)c2C(F)(F)F)c1Cl. The molecule has 4 rings (SSSR count). The fraction of sp³-hybridized carbons (Fsp3) is 0.150. The number of nitrogens with one attached hydrogen (secondary N) is 2. The van der Waals surface area contributed by atoms with Gasteiger partial charge in [0.05, 0.1) is 40.9 Å². The zero-order chi connectivity index (χ0) is 24.6. The van der Waals surface area contributed by atoms with Crippen molar-refractivity contribution in [2.75, 3.05) is 17.0 Å². The van der Waals surface area contributed by atoms with Gasteiger partial charge in [-0.3, -0.25) is 4.79 Å². The molecular formula is C20H13ClF4N8O. The lowest BCUT2D eigenvalue weighted by Crippen LogP contribution is -2.29. The molecule has 0 aliphatic carbocycles. The summed E-state index contributed by atoms with van der Waals surface area (Å²) in [7, 11) is 0. The molecule has 9 nitrogen and oxygen atoms in total. The maximum Gasteiger partial charge on any atom is 0.434 e. The molecule has 1 aromatic carbocycles. The molecule has 1 amide bonds. The van der Waals surface area contributed by atoms with Gasteiger partial charge >= 0.3 is 6.18 Å². The predicted molar refractivity (Wildman–Crippen MR) is 114 cm³/mol. The molecule has 1 aliphatic heterocycles. The molecule has 0 saturated carbocycles. The van der Waals surface area contributed by atoms with Crippen LogP contribution in [0, 0.1) is 24.1 Å². The predicted octanol–water partition coefficient (Wildman–Crippen LogP) is 3.82. The number of aromatic nitrogens is 3. The molecule has 0 fully saturated rings. The lowest BCUT2D eigenvalue weighted by Gasteiger charge is -2.16. The van der Waals surface area contributed by atoms with Crippen LogP contribution in [0.2, 0.25) is 5.02 Å². The molecule has 0 saturated heterocycles. The topological polar surface area (TPSA) is 111 Å². The fourth-order valence-electron chi connectivity index (χ4n) is 3.18. The molecule has 2 aromatic heterocycles. The van der Waals surface area contributed by atoms with E-state index < -0.39 is 29.2 Å². The Morgan fingerprint density at radius 3 is 2.74 bits per heavy atom. The summed E-state index contributed by atoms with van der Waals surface area (Å²) in [6.45, 7) is 1.73. The number of nitriles is 1. The van der Waals surface area contributed by atoms with Crippen molar-refractivity contribution in [2.24, 2.45) is 5.10 Å². The Balaban J connectivity index is 1.70. The van der Waals surface area contributed by atoms with Crippen LogP contribution < -0.4 is 15.9 Å². The first-order valence-corrected chi connectivity index (χ1v) is 9.87. The van der Waals surface area contributed by atoms with E-state index in [4.69, 9.17) is 11.6 Å². The number of hydrogen-bond acceptors (Lipinski definition) is 7. The van der Waals surface area contributed by atoms with E-state index in [0.29, 0.717) is 11.2 Å². The first-order valence-electron chi connectivity index (χ1n) is 9.49. The Labute approximate surface area is 194 Å². The Hall–Kier alpha value is -4.02. The average molecular weight is 493 g/mol. The highest BCUT2D eigenvalue weighted by Gasteiger charge is 2.41. The van der Waals surface area contributed by atoms with Crippen molar-refractivity contribution in [2.45, 2.75) is 13.1 Å². The highest BCUT2D eigenvalue weighted by molar-refractivity contribution is 6.33. The van der Waals surface area contributed by atoms with Crippen LogP contribution in [-0.4, -0.2) is 33.4 Å². The molecule has 0 atom stereocenters. The standard InChI is InChI=1S/C20H13ClF4N8O/c1-10-14(22)2-3-15(16(10)21)32-17(20(23,24)25)13(9-30-32)19(34)31-12-6-11(7-26)18(27-8-12)33-28-4-5-29-33/h2-4,6,8-9,29H,5H2,1H3,(H,31,34). The summed E-state index contributed by atoms with van der Waals surface area (Å²) in [5.41, 5.74) is 0.297. The van der Waals surface area contributed by atoms with E-state index in [0.717, 1.165) is 18.3 Å². The van der Waals surface area contributed by atoms with Crippen LogP contribution in [0.25, 0.3) is 5.69 Å². The summed E-state index contributed by atoms with van der Waals surface area (Å²) < 4.78 is 56.0. The highest BCUT2D eigenvalue weighted by Crippen LogP contribution is 2.36. The Bertz CT molecular complexity index is 1360. The minimum atomic E-state index is -5.01. The van der Waals surface area contributed by atoms with Gasteiger partial charge < -0.3 is 5.32 Å². The van der Waals surface area contributed by atoms with E-state index in [-0.39, 0.29) is 33.3 Å². The molecule has 3 aromatic rings. The molecular weight excluding hydrogens is 480 g/mol. The van der Waals surface area contributed by atoms with Crippen molar-refractivity contribution >= 4 is 35.2 Å². The molecule has 0 bridgehead atoms. The number of halogens is 5. The second kappa shape index (κ2) is 8.73. The fourth-order valence-corrected chi connectivity index (χ4v) is 3.41. The van der Waals surface area contributed by atoms with Gasteiger partial charge in [0, 0.05) is 11.8 Å². The Morgan fingerprint density at radius 1 is 1.32 bits per heavy atom. The molecule has 174 valence electrons. The third-order valence-corrected chi connectivity index (χ3v) is 5.26. The first-order chi connectivity index (χ1) is 16.1. The number of hydrazone groups is 1. The van der Waals surface area contributed by atoms with E-state index in [9.17, 15) is 27.6 Å². The number of alkyl halides is 3. The van der Waals surface area contributed by atoms with Gasteiger partial charge in [-0.1, -0.05) is 11.6 Å². The van der Waals surface area contributed by atoms with E-state index >= 15 is 0 Å². The van der Waals surface area contributed by atoms with Gasteiger partial charge in [-0.2, -0.15) is 33.8 Å². The van der Waals surface area contributed by atoms with Crippen molar-refractivity contribution in [1.82, 2.24) is 20.2 Å². The molecule has 34 heavy (non-hydrogen) atoms. The third-order valence-electron chi connectivity index (χ3n) is 4.79. The number of rotatable bonds is 4. The summed E-state index contributed by atoms with van der Waals surface area (Å²) in [6, 6.07) is 5.12. The third kappa shape index (κ3) is 4.16.